The zero-order valence-corrected chi connectivity index (χ0v) is 14.7. The third-order valence-electron chi connectivity index (χ3n) is 2.62. The van der Waals surface area contributed by atoms with Crippen molar-refractivity contribution in [2.75, 3.05) is 7.11 Å². The zero-order valence-electron chi connectivity index (χ0n) is 9.97. The number of hydrogen-bond acceptors (Lipinski definition) is 3. The number of ether oxygens (including phenoxy) is 1. The Morgan fingerprint density at radius 3 is 2.78 bits per heavy atom. The molecule has 0 spiro atoms. The van der Waals surface area contributed by atoms with Crippen LogP contribution in [-0.4, -0.2) is 51.4 Å². The largest absolute Gasteiger partial charge is 0.468 e. The summed E-state index contributed by atoms with van der Waals surface area (Å²) in [6.45, 7) is 0. The number of benzene rings is 1. The molecule has 0 unspecified atom stereocenters. The number of aromatic nitrogens is 1. The van der Waals surface area contributed by atoms with Crippen molar-refractivity contribution in [2.45, 2.75) is 12.5 Å². The van der Waals surface area contributed by atoms with Gasteiger partial charge in [-0.3, -0.25) is 4.79 Å². The van der Waals surface area contributed by atoms with Gasteiger partial charge >= 0.3 is 5.97 Å². The van der Waals surface area contributed by atoms with Crippen molar-refractivity contribution in [2.24, 2.45) is 5.73 Å². The molecule has 1 aromatic carbocycles. The number of para-hydroxylation sites is 1. The van der Waals surface area contributed by atoms with E-state index in [9.17, 15) is 4.79 Å². The van der Waals surface area contributed by atoms with Crippen LogP contribution in [0.3, 0.4) is 0 Å². The van der Waals surface area contributed by atoms with Crippen molar-refractivity contribution in [3.8, 4) is 0 Å². The molecular weight excluding hydrogens is 447 g/mol. The third kappa shape index (κ3) is 3.70. The van der Waals surface area contributed by atoms with Crippen molar-refractivity contribution < 1.29 is 9.53 Å². The van der Waals surface area contributed by atoms with Gasteiger partial charge in [0.05, 0.1) is 7.11 Å². The zero-order chi connectivity index (χ0) is 11.5. The molecule has 0 aliphatic carbocycles. The molecule has 0 bridgehead atoms. The van der Waals surface area contributed by atoms with Gasteiger partial charge in [-0.05, 0) is 11.6 Å². The maximum absolute atomic E-state index is 11.2. The van der Waals surface area contributed by atoms with E-state index in [1.807, 2.05) is 30.5 Å². The van der Waals surface area contributed by atoms with E-state index in [4.69, 9.17) is 5.73 Å². The van der Waals surface area contributed by atoms with E-state index in [2.05, 4.69) is 9.72 Å². The number of esters is 1. The van der Waals surface area contributed by atoms with Gasteiger partial charge in [-0.25, -0.2) is 0 Å². The van der Waals surface area contributed by atoms with Gasteiger partial charge in [0, 0.05) is 50.8 Å². The molecule has 2 rings (SSSR count). The van der Waals surface area contributed by atoms with E-state index in [0.29, 0.717) is 6.42 Å². The van der Waals surface area contributed by atoms with Crippen LogP contribution in [0.15, 0.2) is 30.5 Å². The molecule has 18 heavy (non-hydrogen) atoms. The predicted molar refractivity (Wildman–Crippen MR) is 75.0 cm³/mol. The number of aromatic amines is 1. The Hall–Kier alpha value is -0.598. The van der Waals surface area contributed by atoms with Gasteiger partial charge in [-0.15, -0.1) is 12.4 Å². The summed E-state index contributed by atoms with van der Waals surface area (Å²) in [5.41, 5.74) is 7.81. The van der Waals surface area contributed by atoms with E-state index in [1.54, 1.807) is 0 Å². The van der Waals surface area contributed by atoms with Crippen LogP contribution in [0.5, 0.6) is 0 Å². The Labute approximate surface area is 132 Å². The maximum atomic E-state index is 11.2. The number of methoxy groups -OCH3 is 1. The number of rotatable bonds is 3. The van der Waals surface area contributed by atoms with Gasteiger partial charge in [0.1, 0.15) is 6.04 Å². The molecule has 4 radical (unpaired) electrons. The molecule has 0 saturated carbocycles. The summed E-state index contributed by atoms with van der Waals surface area (Å²) in [6.07, 6.45) is 2.37. The van der Waals surface area contributed by atoms with Gasteiger partial charge in [0.25, 0.3) is 0 Å². The van der Waals surface area contributed by atoms with Crippen molar-refractivity contribution in [3.05, 3.63) is 36.0 Å². The molecule has 1 aromatic heterocycles. The van der Waals surface area contributed by atoms with Crippen molar-refractivity contribution in [1.29, 1.82) is 0 Å². The van der Waals surface area contributed by atoms with Crippen molar-refractivity contribution in [3.63, 3.8) is 0 Å². The summed E-state index contributed by atoms with van der Waals surface area (Å²) in [5, 5.41) is 1.10. The van der Waals surface area contributed by atoms with Gasteiger partial charge in [-0.1, -0.05) is 18.2 Å². The molecule has 0 aliphatic heterocycles. The first-order chi connectivity index (χ1) is 7.72. The second-order valence-corrected chi connectivity index (χ2v) is 3.69. The molecule has 0 saturated heterocycles. The summed E-state index contributed by atoms with van der Waals surface area (Å²) < 4.78 is 4.60. The minimum atomic E-state index is -0.607. The van der Waals surface area contributed by atoms with E-state index in [-0.39, 0.29) is 45.7 Å². The maximum Gasteiger partial charge on any atom is 0.322 e. The normalized spacial score (nSPS) is 11.2. The SMILES string of the molecule is COC(=O)[C@@H](N)Cc1c[nH]c2ccccc12.Cl.[Pb]. The van der Waals surface area contributed by atoms with Crippen LogP contribution in [0.1, 0.15) is 5.56 Å². The Kier molecular flexibility index (Phi) is 7.50. The molecule has 3 N–H and O–H groups in total. The van der Waals surface area contributed by atoms with Gasteiger partial charge in [0.15, 0.2) is 0 Å². The minimum absolute atomic E-state index is 0. The first-order valence-electron chi connectivity index (χ1n) is 5.11. The van der Waals surface area contributed by atoms with Gasteiger partial charge < -0.3 is 15.5 Å². The minimum Gasteiger partial charge on any atom is -0.468 e. The number of carbonyl (C=O) groups excluding carboxylic acids is 1. The van der Waals surface area contributed by atoms with E-state index in [1.165, 1.54) is 7.11 Å². The Balaban J connectivity index is 0.00000144. The van der Waals surface area contributed by atoms with Crippen molar-refractivity contribution in [1.82, 2.24) is 4.98 Å². The molecule has 4 nitrogen and oxygen atoms in total. The summed E-state index contributed by atoms with van der Waals surface area (Å²) in [6, 6.07) is 7.31. The molecular formula is C12H15ClN2O2Pb. The van der Waals surface area contributed by atoms with Gasteiger partial charge in [-0.2, -0.15) is 0 Å². The molecule has 0 amide bonds. The number of halogens is 1. The van der Waals surface area contributed by atoms with Crippen LogP contribution in [-0.2, 0) is 16.0 Å². The average molecular weight is 462 g/mol. The smallest absolute Gasteiger partial charge is 0.322 e. The molecule has 0 fully saturated rings. The van der Waals surface area contributed by atoms with Crippen LogP contribution < -0.4 is 5.73 Å². The topological polar surface area (TPSA) is 68.1 Å². The number of carbonyl (C=O) groups is 1. The second-order valence-electron chi connectivity index (χ2n) is 3.69. The van der Waals surface area contributed by atoms with E-state index >= 15 is 0 Å². The molecule has 0 aliphatic rings. The summed E-state index contributed by atoms with van der Waals surface area (Å²) in [7, 11) is 1.34. The number of hydrogen-bond donors (Lipinski definition) is 2. The first kappa shape index (κ1) is 17.4. The van der Waals surface area contributed by atoms with Gasteiger partial charge in [0.2, 0.25) is 0 Å². The number of fused-ring (bicyclic) bond motifs is 1. The fourth-order valence-electron chi connectivity index (χ4n) is 1.77. The monoisotopic (exact) mass is 462 g/mol. The Bertz CT molecular complexity index is 516. The quantitative estimate of drug-likeness (QED) is 0.534. The van der Waals surface area contributed by atoms with Crippen LogP contribution >= 0.6 is 12.4 Å². The predicted octanol–water partition coefficient (Wildman–Crippen LogP) is 1.25. The van der Waals surface area contributed by atoms with E-state index < -0.39 is 6.04 Å². The number of nitrogens with two attached hydrogens (primary N) is 1. The summed E-state index contributed by atoms with van der Waals surface area (Å²) in [4.78, 5) is 14.4. The van der Waals surface area contributed by atoms with Crippen LogP contribution in [0.4, 0.5) is 0 Å². The third-order valence-corrected chi connectivity index (χ3v) is 2.62. The molecule has 1 atom stereocenters. The summed E-state index contributed by atoms with van der Waals surface area (Å²) >= 11 is 0. The Morgan fingerprint density at radius 1 is 1.44 bits per heavy atom. The molecule has 96 valence electrons. The number of H-pyrrole nitrogens is 1. The van der Waals surface area contributed by atoms with Crippen LogP contribution in [0, 0.1) is 0 Å². The number of nitrogens with one attached hydrogen (secondary N) is 1. The van der Waals surface area contributed by atoms with Crippen molar-refractivity contribution >= 4 is 56.6 Å². The average Bonchev–Trinajstić information content (AvgIpc) is 2.72. The van der Waals surface area contributed by atoms with Crippen LogP contribution in [0.2, 0.25) is 0 Å². The standard InChI is InChI=1S/C12H14N2O2.ClH.Pb/c1-16-12(15)10(13)6-8-7-14-11-5-3-2-4-9(8)11;;/h2-5,7,10,14H,6,13H2,1H3;1H;/t10-;;/m0../s1. The van der Waals surface area contributed by atoms with E-state index in [0.717, 1.165) is 16.5 Å². The molecule has 1 heterocycles. The first-order valence-corrected chi connectivity index (χ1v) is 5.11. The molecule has 6 heteroatoms. The summed E-state index contributed by atoms with van der Waals surface area (Å²) in [5.74, 6) is -0.384. The Morgan fingerprint density at radius 2 is 2.11 bits per heavy atom. The second kappa shape index (κ2) is 7.75. The van der Waals surface area contributed by atoms with Crippen LogP contribution in [0.25, 0.3) is 10.9 Å². The fourth-order valence-corrected chi connectivity index (χ4v) is 1.77. The molecule has 2 aromatic rings. The fraction of sp³-hybridized carbons (Fsp3) is 0.250.